The van der Waals surface area contributed by atoms with Crippen molar-refractivity contribution in [3.05, 3.63) is 35.7 Å². The first-order valence-corrected chi connectivity index (χ1v) is 7.77. The standard InChI is InChI=1S/C15H17N3O2S/c1-3-6-16-13-11-5-4-10(7-12(11)18-14(13)19)21-15-17-9(2)8-20-15/h4-5,7-8,13,16H,3,6H2,1-2H3,(H,18,19). The van der Waals surface area contributed by atoms with Crippen molar-refractivity contribution in [2.75, 3.05) is 11.9 Å². The van der Waals surface area contributed by atoms with Crippen LogP contribution >= 0.6 is 11.8 Å². The minimum Gasteiger partial charge on any atom is -0.439 e. The third-order valence-electron chi connectivity index (χ3n) is 3.26. The Hall–Kier alpha value is -1.79. The zero-order valence-corrected chi connectivity index (χ0v) is 12.8. The van der Waals surface area contributed by atoms with E-state index in [2.05, 4.69) is 22.5 Å². The molecule has 0 spiro atoms. The fourth-order valence-electron chi connectivity index (χ4n) is 2.28. The summed E-state index contributed by atoms with van der Waals surface area (Å²) in [5.74, 6) is 0.00701. The Morgan fingerprint density at radius 2 is 2.33 bits per heavy atom. The van der Waals surface area contributed by atoms with Crippen LogP contribution in [0.1, 0.15) is 30.6 Å². The van der Waals surface area contributed by atoms with E-state index in [1.54, 1.807) is 6.26 Å². The number of carbonyl (C=O) groups is 1. The number of amides is 1. The summed E-state index contributed by atoms with van der Waals surface area (Å²) in [4.78, 5) is 17.3. The molecule has 1 atom stereocenters. The molecule has 0 fully saturated rings. The average molecular weight is 303 g/mol. The molecule has 6 heteroatoms. The minimum absolute atomic E-state index is 0.00701. The molecule has 1 aliphatic heterocycles. The first kappa shape index (κ1) is 14.2. The van der Waals surface area contributed by atoms with Gasteiger partial charge in [0.1, 0.15) is 12.3 Å². The van der Waals surface area contributed by atoms with Gasteiger partial charge in [0.15, 0.2) is 0 Å². The van der Waals surface area contributed by atoms with E-state index >= 15 is 0 Å². The normalized spacial score (nSPS) is 16.9. The van der Waals surface area contributed by atoms with E-state index in [1.165, 1.54) is 11.8 Å². The highest BCUT2D eigenvalue weighted by atomic mass is 32.2. The first-order chi connectivity index (χ1) is 10.2. The third-order valence-corrected chi connectivity index (χ3v) is 4.11. The monoisotopic (exact) mass is 303 g/mol. The molecule has 1 aromatic carbocycles. The summed E-state index contributed by atoms with van der Waals surface area (Å²) in [7, 11) is 0. The second kappa shape index (κ2) is 5.91. The molecular formula is C15H17N3O2S. The van der Waals surface area contributed by atoms with E-state index in [1.807, 2.05) is 25.1 Å². The molecule has 3 rings (SSSR count). The van der Waals surface area contributed by atoms with Crippen LogP contribution in [-0.2, 0) is 4.79 Å². The lowest BCUT2D eigenvalue weighted by Gasteiger charge is -2.10. The Morgan fingerprint density at radius 3 is 3.05 bits per heavy atom. The molecule has 2 heterocycles. The predicted molar refractivity (Wildman–Crippen MR) is 81.5 cm³/mol. The highest BCUT2D eigenvalue weighted by Crippen LogP contribution is 2.36. The van der Waals surface area contributed by atoms with Crippen LogP contribution in [0.3, 0.4) is 0 Å². The molecule has 1 aromatic heterocycles. The number of aromatic nitrogens is 1. The van der Waals surface area contributed by atoms with Gasteiger partial charge in [-0.15, -0.1) is 0 Å². The van der Waals surface area contributed by atoms with Gasteiger partial charge in [0.2, 0.25) is 5.91 Å². The van der Waals surface area contributed by atoms with Gasteiger partial charge in [-0.2, -0.15) is 0 Å². The molecule has 5 nitrogen and oxygen atoms in total. The quantitative estimate of drug-likeness (QED) is 0.888. The lowest BCUT2D eigenvalue weighted by Crippen LogP contribution is -2.27. The number of rotatable bonds is 5. The van der Waals surface area contributed by atoms with Crippen LogP contribution in [0.5, 0.6) is 0 Å². The Bertz CT molecular complexity index is 669. The number of nitrogens with zero attached hydrogens (tertiary/aromatic N) is 1. The number of nitrogens with one attached hydrogen (secondary N) is 2. The van der Waals surface area contributed by atoms with Gasteiger partial charge in [0.25, 0.3) is 5.22 Å². The molecule has 0 saturated heterocycles. The summed E-state index contributed by atoms with van der Waals surface area (Å²) in [6, 6.07) is 5.69. The van der Waals surface area contributed by atoms with Gasteiger partial charge in [-0.05, 0) is 43.8 Å². The Morgan fingerprint density at radius 1 is 1.48 bits per heavy atom. The van der Waals surface area contributed by atoms with Crippen molar-refractivity contribution >= 4 is 23.4 Å². The molecule has 1 unspecified atom stereocenters. The van der Waals surface area contributed by atoms with Crippen LogP contribution in [0.25, 0.3) is 0 Å². The number of hydrogen-bond acceptors (Lipinski definition) is 5. The topological polar surface area (TPSA) is 67.2 Å². The van der Waals surface area contributed by atoms with Crippen LogP contribution in [0.15, 0.2) is 39.0 Å². The van der Waals surface area contributed by atoms with E-state index < -0.39 is 0 Å². The molecule has 2 aromatic rings. The molecule has 110 valence electrons. The van der Waals surface area contributed by atoms with Gasteiger partial charge < -0.3 is 15.1 Å². The second-order valence-corrected chi connectivity index (χ2v) is 6.01. The molecule has 0 radical (unpaired) electrons. The van der Waals surface area contributed by atoms with Crippen molar-refractivity contribution in [3.63, 3.8) is 0 Å². The van der Waals surface area contributed by atoms with E-state index in [0.29, 0.717) is 5.22 Å². The highest BCUT2D eigenvalue weighted by Gasteiger charge is 2.29. The summed E-state index contributed by atoms with van der Waals surface area (Å²) in [6.45, 7) is 4.79. The number of fused-ring (bicyclic) bond motifs is 1. The van der Waals surface area contributed by atoms with Crippen LogP contribution in [0.2, 0.25) is 0 Å². The van der Waals surface area contributed by atoms with Gasteiger partial charge in [-0.3, -0.25) is 4.79 Å². The number of benzene rings is 1. The third kappa shape index (κ3) is 2.96. The minimum atomic E-state index is -0.247. The average Bonchev–Trinajstić information content (AvgIpc) is 2.99. The van der Waals surface area contributed by atoms with E-state index in [-0.39, 0.29) is 11.9 Å². The molecule has 0 bridgehead atoms. The summed E-state index contributed by atoms with van der Waals surface area (Å²) >= 11 is 1.45. The van der Waals surface area contributed by atoms with Crippen molar-refractivity contribution in [1.82, 2.24) is 10.3 Å². The van der Waals surface area contributed by atoms with Gasteiger partial charge >= 0.3 is 0 Å². The Balaban J connectivity index is 1.79. The van der Waals surface area contributed by atoms with Gasteiger partial charge in [-0.25, -0.2) is 4.98 Å². The number of oxazole rings is 1. The lowest BCUT2D eigenvalue weighted by atomic mass is 10.1. The largest absolute Gasteiger partial charge is 0.439 e. The summed E-state index contributed by atoms with van der Waals surface area (Å²) in [6.07, 6.45) is 2.62. The highest BCUT2D eigenvalue weighted by molar-refractivity contribution is 7.99. The lowest BCUT2D eigenvalue weighted by molar-refractivity contribution is -0.117. The molecule has 1 amide bonds. The van der Waals surface area contributed by atoms with Gasteiger partial charge in [0, 0.05) is 16.1 Å². The molecule has 0 saturated carbocycles. The summed E-state index contributed by atoms with van der Waals surface area (Å²) in [5, 5.41) is 6.79. The fraction of sp³-hybridized carbons (Fsp3) is 0.333. The van der Waals surface area contributed by atoms with Crippen molar-refractivity contribution < 1.29 is 9.21 Å². The maximum Gasteiger partial charge on any atom is 0.260 e. The van der Waals surface area contributed by atoms with Gasteiger partial charge in [-0.1, -0.05) is 13.0 Å². The molecule has 21 heavy (non-hydrogen) atoms. The molecule has 2 N–H and O–H groups in total. The number of hydrogen-bond donors (Lipinski definition) is 2. The smallest absolute Gasteiger partial charge is 0.260 e. The molecule has 1 aliphatic rings. The van der Waals surface area contributed by atoms with Crippen molar-refractivity contribution in [2.24, 2.45) is 0 Å². The summed E-state index contributed by atoms with van der Waals surface area (Å²) in [5.41, 5.74) is 2.72. The maximum atomic E-state index is 12.0. The van der Waals surface area contributed by atoms with Crippen LogP contribution in [0, 0.1) is 6.92 Å². The SMILES string of the molecule is CCCNC1C(=O)Nc2cc(Sc3nc(C)co3)ccc21. The number of anilines is 1. The zero-order valence-electron chi connectivity index (χ0n) is 12.0. The van der Waals surface area contributed by atoms with Crippen molar-refractivity contribution in [3.8, 4) is 0 Å². The fourth-order valence-corrected chi connectivity index (χ4v) is 3.08. The zero-order chi connectivity index (χ0) is 14.8. The first-order valence-electron chi connectivity index (χ1n) is 6.95. The van der Waals surface area contributed by atoms with Crippen molar-refractivity contribution in [1.29, 1.82) is 0 Å². The Labute approximate surface area is 127 Å². The molecule has 0 aliphatic carbocycles. The molecular weight excluding hydrogens is 286 g/mol. The Kier molecular flexibility index (Phi) is 3.98. The van der Waals surface area contributed by atoms with E-state index in [9.17, 15) is 4.79 Å². The van der Waals surface area contributed by atoms with E-state index in [4.69, 9.17) is 4.42 Å². The van der Waals surface area contributed by atoms with Crippen LogP contribution in [0.4, 0.5) is 5.69 Å². The maximum absolute atomic E-state index is 12.0. The summed E-state index contributed by atoms with van der Waals surface area (Å²) < 4.78 is 5.34. The van der Waals surface area contributed by atoms with Gasteiger partial charge in [0.05, 0.1) is 5.69 Å². The van der Waals surface area contributed by atoms with Crippen LogP contribution < -0.4 is 10.6 Å². The van der Waals surface area contributed by atoms with Crippen LogP contribution in [-0.4, -0.2) is 17.4 Å². The predicted octanol–water partition coefficient (Wildman–Crippen LogP) is 3.13. The van der Waals surface area contributed by atoms with Crippen molar-refractivity contribution in [2.45, 2.75) is 36.4 Å². The number of aryl methyl sites for hydroxylation is 1. The second-order valence-electron chi connectivity index (χ2n) is 4.98. The number of carbonyl (C=O) groups excluding carboxylic acids is 1. The van der Waals surface area contributed by atoms with E-state index in [0.717, 1.165) is 34.8 Å².